The van der Waals surface area contributed by atoms with Crippen LogP contribution in [-0.2, 0) is 17.4 Å². The first kappa shape index (κ1) is 16.6. The number of nitrogens with zero attached hydrogens (tertiary/aromatic N) is 1. The van der Waals surface area contributed by atoms with Crippen LogP contribution in [0.3, 0.4) is 0 Å². The van der Waals surface area contributed by atoms with Crippen LogP contribution in [0.5, 0.6) is 0 Å². The number of aromatic nitrogens is 1. The van der Waals surface area contributed by atoms with E-state index in [1.807, 2.05) is 12.1 Å². The van der Waals surface area contributed by atoms with E-state index < -0.39 is 11.7 Å². The zero-order valence-electron chi connectivity index (χ0n) is 13.2. The van der Waals surface area contributed by atoms with Crippen LogP contribution in [0.1, 0.15) is 11.1 Å². The van der Waals surface area contributed by atoms with E-state index in [0.29, 0.717) is 17.2 Å². The highest BCUT2D eigenvalue weighted by Crippen LogP contribution is 2.37. The van der Waals surface area contributed by atoms with Crippen molar-refractivity contribution >= 4 is 33.8 Å². The predicted octanol–water partition coefficient (Wildman–Crippen LogP) is 5.07. The van der Waals surface area contributed by atoms with E-state index in [-0.39, 0.29) is 11.6 Å². The maximum Gasteiger partial charge on any atom is 0.418 e. The number of hydrogen-bond donors (Lipinski definition) is 2. The first-order valence-corrected chi connectivity index (χ1v) is 8.60. The highest BCUT2D eigenvalue weighted by molar-refractivity contribution is 7.14. The molecule has 1 aliphatic heterocycles. The molecular formula is C18H12F3N3OS. The molecule has 4 nitrogen and oxygen atoms in total. The zero-order chi connectivity index (χ0) is 18.3. The van der Waals surface area contributed by atoms with Gasteiger partial charge in [-0.3, -0.25) is 4.79 Å². The van der Waals surface area contributed by atoms with Gasteiger partial charge in [0.1, 0.15) is 0 Å². The Balaban J connectivity index is 1.60. The summed E-state index contributed by atoms with van der Waals surface area (Å²) in [6.07, 6.45) is -4.12. The van der Waals surface area contributed by atoms with E-state index in [4.69, 9.17) is 0 Å². The summed E-state index contributed by atoms with van der Waals surface area (Å²) in [5.74, 6) is -0.0541. The number of halogens is 3. The second-order valence-corrected chi connectivity index (χ2v) is 6.66. The van der Waals surface area contributed by atoms with Crippen molar-refractivity contribution in [2.24, 2.45) is 0 Å². The van der Waals surface area contributed by atoms with Crippen LogP contribution in [0.4, 0.5) is 29.7 Å². The van der Waals surface area contributed by atoms with Gasteiger partial charge in [-0.05, 0) is 29.8 Å². The van der Waals surface area contributed by atoms with Gasteiger partial charge in [0.2, 0.25) is 5.91 Å². The van der Waals surface area contributed by atoms with Gasteiger partial charge in [-0.15, -0.1) is 11.3 Å². The number of rotatable bonds is 3. The van der Waals surface area contributed by atoms with Crippen molar-refractivity contribution in [1.82, 2.24) is 4.98 Å². The van der Waals surface area contributed by atoms with E-state index in [0.717, 1.165) is 22.9 Å². The number of carbonyl (C=O) groups is 1. The fourth-order valence-corrected chi connectivity index (χ4v) is 3.54. The molecule has 1 aliphatic rings. The number of nitrogens with one attached hydrogen (secondary N) is 2. The van der Waals surface area contributed by atoms with Gasteiger partial charge in [0, 0.05) is 16.6 Å². The summed E-state index contributed by atoms with van der Waals surface area (Å²) >= 11 is 1.22. The fraction of sp³-hybridized carbons (Fsp3) is 0.111. The maximum absolute atomic E-state index is 13.1. The Bertz CT molecular complexity index is 997. The van der Waals surface area contributed by atoms with Gasteiger partial charge < -0.3 is 10.6 Å². The van der Waals surface area contributed by atoms with Crippen molar-refractivity contribution in [3.05, 3.63) is 59.0 Å². The number of carbonyl (C=O) groups excluding carboxylic acids is 1. The molecule has 1 aromatic heterocycles. The van der Waals surface area contributed by atoms with Crippen LogP contribution in [-0.4, -0.2) is 10.9 Å². The molecule has 0 aliphatic carbocycles. The predicted molar refractivity (Wildman–Crippen MR) is 94.6 cm³/mol. The maximum atomic E-state index is 13.1. The first-order chi connectivity index (χ1) is 12.4. The molecule has 3 aromatic rings. The van der Waals surface area contributed by atoms with Crippen molar-refractivity contribution in [2.45, 2.75) is 12.6 Å². The second kappa shape index (κ2) is 6.14. The molecule has 2 N–H and O–H groups in total. The Hall–Kier alpha value is -2.87. The van der Waals surface area contributed by atoms with Gasteiger partial charge in [-0.2, -0.15) is 13.2 Å². The first-order valence-electron chi connectivity index (χ1n) is 7.72. The Morgan fingerprint density at radius 1 is 1.15 bits per heavy atom. The van der Waals surface area contributed by atoms with Crippen LogP contribution in [0.25, 0.3) is 11.3 Å². The summed E-state index contributed by atoms with van der Waals surface area (Å²) in [5.41, 5.74) is 2.35. The molecule has 2 heterocycles. The number of hydrogen-bond acceptors (Lipinski definition) is 4. The average molecular weight is 375 g/mol. The molecule has 0 unspecified atom stereocenters. The van der Waals surface area contributed by atoms with Crippen molar-refractivity contribution < 1.29 is 18.0 Å². The minimum Gasteiger partial charge on any atom is -0.331 e. The van der Waals surface area contributed by atoms with Gasteiger partial charge in [-0.25, -0.2) is 4.98 Å². The molecule has 26 heavy (non-hydrogen) atoms. The fourth-order valence-electron chi connectivity index (χ4n) is 2.81. The zero-order valence-corrected chi connectivity index (χ0v) is 14.0. The molecule has 0 atom stereocenters. The van der Waals surface area contributed by atoms with Gasteiger partial charge >= 0.3 is 6.18 Å². The lowest BCUT2D eigenvalue weighted by molar-refractivity contribution is -0.136. The number of thiazole rings is 1. The molecular weight excluding hydrogens is 363 g/mol. The third-order valence-electron chi connectivity index (χ3n) is 4.00. The van der Waals surface area contributed by atoms with Crippen molar-refractivity contribution in [3.63, 3.8) is 0 Å². The second-order valence-electron chi connectivity index (χ2n) is 5.80. The number of alkyl halides is 3. The van der Waals surface area contributed by atoms with Crippen molar-refractivity contribution in [3.8, 4) is 11.3 Å². The topological polar surface area (TPSA) is 54.0 Å². The summed E-state index contributed by atoms with van der Waals surface area (Å²) in [6, 6.07) is 10.8. The van der Waals surface area contributed by atoms with E-state index in [9.17, 15) is 18.0 Å². The van der Waals surface area contributed by atoms with E-state index in [1.54, 1.807) is 11.4 Å². The molecule has 0 bridgehead atoms. The van der Waals surface area contributed by atoms with Gasteiger partial charge in [0.25, 0.3) is 0 Å². The Morgan fingerprint density at radius 3 is 2.77 bits per heavy atom. The highest BCUT2D eigenvalue weighted by atomic mass is 32.1. The smallest absolute Gasteiger partial charge is 0.331 e. The van der Waals surface area contributed by atoms with Gasteiger partial charge in [-0.1, -0.05) is 18.2 Å². The number of fused-ring (bicyclic) bond motifs is 1. The molecule has 4 rings (SSSR count). The van der Waals surface area contributed by atoms with Crippen LogP contribution in [0, 0.1) is 0 Å². The Morgan fingerprint density at radius 2 is 1.96 bits per heavy atom. The summed E-state index contributed by atoms with van der Waals surface area (Å²) in [7, 11) is 0. The van der Waals surface area contributed by atoms with Gasteiger partial charge in [0.15, 0.2) is 5.13 Å². The molecule has 8 heteroatoms. The molecule has 0 spiro atoms. The van der Waals surface area contributed by atoms with Crippen LogP contribution in [0.2, 0.25) is 0 Å². The average Bonchev–Trinajstić information content (AvgIpc) is 3.19. The molecule has 0 radical (unpaired) electrons. The quantitative estimate of drug-likeness (QED) is 0.672. The summed E-state index contributed by atoms with van der Waals surface area (Å²) in [6.45, 7) is 0. The lowest BCUT2D eigenvalue weighted by Gasteiger charge is -2.12. The summed E-state index contributed by atoms with van der Waals surface area (Å²) in [5, 5.41) is 7.64. The molecule has 0 saturated carbocycles. The number of amides is 1. The molecule has 0 saturated heterocycles. The molecule has 132 valence electrons. The van der Waals surface area contributed by atoms with Crippen molar-refractivity contribution in [1.29, 1.82) is 0 Å². The number of benzene rings is 2. The van der Waals surface area contributed by atoms with E-state index in [1.165, 1.54) is 29.5 Å². The minimum absolute atomic E-state index is 0.0374. The minimum atomic E-state index is -4.44. The summed E-state index contributed by atoms with van der Waals surface area (Å²) in [4.78, 5) is 15.8. The normalized spacial score (nSPS) is 13.4. The van der Waals surface area contributed by atoms with Crippen LogP contribution < -0.4 is 10.6 Å². The third-order valence-corrected chi connectivity index (χ3v) is 4.76. The lowest BCUT2D eigenvalue weighted by Crippen LogP contribution is -2.08. The van der Waals surface area contributed by atoms with E-state index >= 15 is 0 Å². The molecule has 2 aromatic carbocycles. The number of anilines is 3. The molecule has 1 amide bonds. The SMILES string of the molecule is O=C1Cc2cc(-c3csc(Nc4ccccc4C(F)(F)F)n3)ccc2N1. The highest BCUT2D eigenvalue weighted by Gasteiger charge is 2.33. The largest absolute Gasteiger partial charge is 0.418 e. The monoisotopic (exact) mass is 375 g/mol. The third kappa shape index (κ3) is 3.15. The Kier molecular flexibility index (Phi) is 3.91. The Labute approximate surface area is 150 Å². The van der Waals surface area contributed by atoms with Crippen LogP contribution in [0.15, 0.2) is 47.8 Å². The number of para-hydroxylation sites is 1. The van der Waals surface area contributed by atoms with Crippen molar-refractivity contribution in [2.75, 3.05) is 10.6 Å². The summed E-state index contributed by atoms with van der Waals surface area (Å²) < 4.78 is 39.3. The van der Waals surface area contributed by atoms with E-state index in [2.05, 4.69) is 15.6 Å². The molecule has 0 fully saturated rings. The lowest BCUT2D eigenvalue weighted by atomic mass is 10.1. The standard InChI is InChI=1S/C18H12F3N3OS/c19-18(20,21)12-3-1-2-4-14(12)23-17-24-15(9-26-17)10-5-6-13-11(7-10)8-16(25)22-13/h1-7,9H,8H2,(H,22,25)(H,23,24). The van der Waals surface area contributed by atoms with Crippen LogP contribution >= 0.6 is 11.3 Å². The van der Waals surface area contributed by atoms with Gasteiger partial charge in [0.05, 0.1) is 23.4 Å².